The SMILES string of the molecule is CN1CCN(c2cccc(CCC(N)=O)c2)CC1. The Morgan fingerprint density at radius 2 is 2.00 bits per heavy atom. The van der Waals surface area contributed by atoms with E-state index < -0.39 is 0 Å². The van der Waals surface area contributed by atoms with Crippen LogP contribution >= 0.6 is 0 Å². The molecule has 4 nitrogen and oxygen atoms in total. The molecule has 0 spiro atoms. The van der Waals surface area contributed by atoms with E-state index in [1.54, 1.807) is 0 Å². The third kappa shape index (κ3) is 3.47. The van der Waals surface area contributed by atoms with Crippen LogP contribution in [0.2, 0.25) is 0 Å². The van der Waals surface area contributed by atoms with Gasteiger partial charge in [0.1, 0.15) is 0 Å². The van der Waals surface area contributed by atoms with Crippen molar-refractivity contribution in [3.05, 3.63) is 29.8 Å². The fourth-order valence-electron chi connectivity index (χ4n) is 2.24. The van der Waals surface area contributed by atoms with E-state index in [1.807, 2.05) is 0 Å². The van der Waals surface area contributed by atoms with E-state index in [-0.39, 0.29) is 5.91 Å². The number of hydrogen-bond donors (Lipinski definition) is 1. The number of likely N-dealkylation sites (N-methyl/N-ethyl adjacent to an activating group) is 1. The Balaban J connectivity index is 2.00. The number of amides is 1. The fourth-order valence-corrected chi connectivity index (χ4v) is 2.24. The van der Waals surface area contributed by atoms with Crippen LogP contribution < -0.4 is 10.6 Å². The van der Waals surface area contributed by atoms with Gasteiger partial charge in [0.05, 0.1) is 0 Å². The van der Waals surface area contributed by atoms with Crippen molar-refractivity contribution in [2.75, 3.05) is 38.1 Å². The molecule has 0 saturated carbocycles. The van der Waals surface area contributed by atoms with Crippen molar-refractivity contribution < 1.29 is 4.79 Å². The first kappa shape index (κ1) is 12.9. The number of anilines is 1. The number of nitrogens with two attached hydrogens (primary N) is 1. The predicted molar refractivity (Wildman–Crippen MR) is 73.7 cm³/mol. The van der Waals surface area contributed by atoms with Gasteiger partial charge in [0.25, 0.3) is 0 Å². The third-order valence-corrected chi connectivity index (χ3v) is 3.44. The lowest BCUT2D eigenvalue weighted by atomic mass is 10.1. The van der Waals surface area contributed by atoms with Crippen LogP contribution in [0.3, 0.4) is 0 Å². The molecule has 98 valence electrons. The number of rotatable bonds is 4. The molecule has 0 radical (unpaired) electrons. The molecule has 1 aromatic rings. The average molecular weight is 247 g/mol. The van der Waals surface area contributed by atoms with E-state index in [4.69, 9.17) is 5.73 Å². The Hall–Kier alpha value is -1.55. The number of carbonyl (C=O) groups is 1. The first-order valence-corrected chi connectivity index (χ1v) is 6.46. The normalized spacial score (nSPS) is 16.8. The zero-order valence-electron chi connectivity index (χ0n) is 10.9. The Labute approximate surface area is 108 Å². The number of benzene rings is 1. The van der Waals surface area contributed by atoms with Gasteiger partial charge < -0.3 is 15.5 Å². The molecule has 1 aromatic carbocycles. The van der Waals surface area contributed by atoms with Crippen molar-refractivity contribution in [1.29, 1.82) is 0 Å². The fraction of sp³-hybridized carbons (Fsp3) is 0.500. The van der Waals surface area contributed by atoms with Crippen LogP contribution in [0, 0.1) is 0 Å². The zero-order chi connectivity index (χ0) is 13.0. The highest BCUT2D eigenvalue weighted by molar-refractivity contribution is 5.74. The first-order chi connectivity index (χ1) is 8.65. The predicted octanol–water partition coefficient (Wildman–Crippen LogP) is 0.856. The molecule has 1 amide bonds. The summed E-state index contributed by atoms with van der Waals surface area (Å²) in [6, 6.07) is 8.43. The van der Waals surface area contributed by atoms with Crippen molar-refractivity contribution in [3.8, 4) is 0 Å². The summed E-state index contributed by atoms with van der Waals surface area (Å²) in [6.45, 7) is 4.34. The van der Waals surface area contributed by atoms with Crippen molar-refractivity contribution in [2.24, 2.45) is 5.73 Å². The number of nitrogens with zero attached hydrogens (tertiary/aromatic N) is 2. The lowest BCUT2D eigenvalue weighted by Crippen LogP contribution is -2.44. The molecule has 18 heavy (non-hydrogen) atoms. The molecule has 0 aromatic heterocycles. The summed E-state index contributed by atoms with van der Waals surface area (Å²) in [7, 11) is 2.15. The number of carbonyl (C=O) groups excluding carboxylic acids is 1. The minimum Gasteiger partial charge on any atom is -0.370 e. The lowest BCUT2D eigenvalue weighted by molar-refractivity contribution is -0.117. The molecular formula is C14H21N3O. The van der Waals surface area contributed by atoms with Crippen LogP contribution in [0.15, 0.2) is 24.3 Å². The molecule has 0 bridgehead atoms. The van der Waals surface area contributed by atoms with E-state index in [1.165, 1.54) is 11.3 Å². The average Bonchev–Trinajstić information content (AvgIpc) is 2.37. The van der Waals surface area contributed by atoms with Gasteiger partial charge in [0, 0.05) is 38.3 Å². The van der Waals surface area contributed by atoms with Crippen LogP contribution in [0.4, 0.5) is 5.69 Å². The highest BCUT2D eigenvalue weighted by Gasteiger charge is 2.14. The molecule has 4 heteroatoms. The topological polar surface area (TPSA) is 49.6 Å². The second-order valence-electron chi connectivity index (χ2n) is 4.93. The molecular weight excluding hydrogens is 226 g/mol. The summed E-state index contributed by atoms with van der Waals surface area (Å²) in [6.07, 6.45) is 1.16. The van der Waals surface area contributed by atoms with Crippen LogP contribution in [0.1, 0.15) is 12.0 Å². The van der Waals surface area contributed by atoms with E-state index in [9.17, 15) is 4.79 Å². The molecule has 0 unspecified atom stereocenters. The first-order valence-electron chi connectivity index (χ1n) is 6.46. The van der Waals surface area contributed by atoms with Gasteiger partial charge in [-0.05, 0) is 31.2 Å². The van der Waals surface area contributed by atoms with Gasteiger partial charge in [-0.3, -0.25) is 4.79 Å². The summed E-state index contributed by atoms with van der Waals surface area (Å²) in [5, 5.41) is 0. The van der Waals surface area contributed by atoms with Gasteiger partial charge in [0.2, 0.25) is 5.91 Å². The van der Waals surface area contributed by atoms with Gasteiger partial charge in [-0.2, -0.15) is 0 Å². The molecule has 1 fully saturated rings. The van der Waals surface area contributed by atoms with Gasteiger partial charge >= 0.3 is 0 Å². The number of piperazine rings is 1. The molecule has 2 N–H and O–H groups in total. The molecule has 1 heterocycles. The monoisotopic (exact) mass is 247 g/mol. The van der Waals surface area contributed by atoms with E-state index in [0.717, 1.165) is 32.6 Å². The second kappa shape index (κ2) is 5.87. The zero-order valence-corrected chi connectivity index (χ0v) is 10.9. The quantitative estimate of drug-likeness (QED) is 0.858. The lowest BCUT2D eigenvalue weighted by Gasteiger charge is -2.34. The summed E-state index contributed by atoms with van der Waals surface area (Å²) in [5.41, 5.74) is 7.62. The highest BCUT2D eigenvalue weighted by Crippen LogP contribution is 2.18. The summed E-state index contributed by atoms with van der Waals surface area (Å²) in [4.78, 5) is 15.5. The molecule has 0 atom stereocenters. The molecule has 1 aliphatic heterocycles. The maximum Gasteiger partial charge on any atom is 0.217 e. The molecule has 0 aliphatic carbocycles. The van der Waals surface area contributed by atoms with Crippen molar-refractivity contribution in [2.45, 2.75) is 12.8 Å². The Kier molecular flexibility index (Phi) is 4.20. The maximum absolute atomic E-state index is 10.8. The summed E-state index contributed by atoms with van der Waals surface area (Å²) in [5.74, 6) is -0.236. The Morgan fingerprint density at radius 3 is 2.67 bits per heavy atom. The third-order valence-electron chi connectivity index (χ3n) is 3.44. The second-order valence-corrected chi connectivity index (χ2v) is 4.93. The van der Waals surface area contributed by atoms with Gasteiger partial charge in [-0.1, -0.05) is 12.1 Å². The van der Waals surface area contributed by atoms with Crippen LogP contribution in [-0.4, -0.2) is 44.0 Å². The number of hydrogen-bond acceptors (Lipinski definition) is 3. The van der Waals surface area contributed by atoms with Gasteiger partial charge in [0.15, 0.2) is 0 Å². The van der Waals surface area contributed by atoms with Gasteiger partial charge in [-0.25, -0.2) is 0 Å². The van der Waals surface area contributed by atoms with Crippen LogP contribution in [0.5, 0.6) is 0 Å². The van der Waals surface area contributed by atoms with Crippen LogP contribution in [0.25, 0.3) is 0 Å². The van der Waals surface area contributed by atoms with Gasteiger partial charge in [-0.15, -0.1) is 0 Å². The standard InChI is InChI=1S/C14H21N3O/c1-16-7-9-17(10-8-16)13-4-2-3-12(11-13)5-6-14(15)18/h2-4,11H,5-10H2,1H3,(H2,15,18). The van der Waals surface area contributed by atoms with Crippen LogP contribution in [-0.2, 0) is 11.2 Å². The van der Waals surface area contributed by atoms with Crippen molar-refractivity contribution in [3.63, 3.8) is 0 Å². The smallest absolute Gasteiger partial charge is 0.217 e. The van der Waals surface area contributed by atoms with Crippen molar-refractivity contribution >= 4 is 11.6 Å². The number of primary amides is 1. The Bertz CT molecular complexity index is 411. The molecule has 1 aliphatic rings. The maximum atomic E-state index is 10.8. The Morgan fingerprint density at radius 1 is 1.28 bits per heavy atom. The van der Waals surface area contributed by atoms with E-state index in [2.05, 4.69) is 41.1 Å². The largest absolute Gasteiger partial charge is 0.370 e. The summed E-state index contributed by atoms with van der Waals surface area (Å²) >= 11 is 0. The summed E-state index contributed by atoms with van der Waals surface area (Å²) < 4.78 is 0. The molecule has 1 saturated heterocycles. The van der Waals surface area contributed by atoms with E-state index >= 15 is 0 Å². The highest BCUT2D eigenvalue weighted by atomic mass is 16.1. The van der Waals surface area contributed by atoms with Crippen molar-refractivity contribution in [1.82, 2.24) is 4.90 Å². The molecule has 2 rings (SSSR count). The van der Waals surface area contributed by atoms with E-state index in [0.29, 0.717) is 6.42 Å². The number of aryl methyl sites for hydroxylation is 1. The minimum atomic E-state index is -0.236. The minimum absolute atomic E-state index is 0.236.